The van der Waals surface area contributed by atoms with Crippen LogP contribution in [0.4, 0.5) is 4.39 Å². The number of nitrogens with zero attached hydrogens (tertiary/aromatic N) is 6. The molecule has 0 aliphatic carbocycles. The van der Waals surface area contributed by atoms with Crippen molar-refractivity contribution in [3.63, 3.8) is 0 Å². The van der Waals surface area contributed by atoms with E-state index in [0.717, 1.165) is 5.56 Å². The predicted octanol–water partition coefficient (Wildman–Crippen LogP) is 2.17. The van der Waals surface area contributed by atoms with Gasteiger partial charge in [0.2, 0.25) is 5.82 Å². The molecule has 0 aliphatic heterocycles. The molecule has 0 amide bonds. The molecule has 9 heteroatoms. The van der Waals surface area contributed by atoms with Gasteiger partial charge in [0.05, 0.1) is 0 Å². The van der Waals surface area contributed by atoms with Gasteiger partial charge in [-0.1, -0.05) is 40.6 Å². The molecule has 0 fully saturated rings. The van der Waals surface area contributed by atoms with Crippen LogP contribution < -0.4 is 0 Å². The van der Waals surface area contributed by atoms with Gasteiger partial charge in [-0.15, -0.1) is 5.10 Å². The molecule has 2 aromatic carbocycles. The minimum atomic E-state index is -0.337. The van der Waals surface area contributed by atoms with Gasteiger partial charge in [-0.2, -0.15) is 0 Å². The van der Waals surface area contributed by atoms with Crippen LogP contribution in [0.1, 0.15) is 17.0 Å². The van der Waals surface area contributed by atoms with Crippen molar-refractivity contribution in [1.29, 1.82) is 0 Å². The highest BCUT2D eigenvalue weighted by atomic mass is 19.1. The van der Waals surface area contributed by atoms with Gasteiger partial charge in [0.15, 0.2) is 12.3 Å². The average molecular weight is 368 g/mol. The molecule has 8 nitrogen and oxygen atoms in total. The van der Waals surface area contributed by atoms with Crippen molar-refractivity contribution in [3.05, 3.63) is 77.4 Å². The Bertz CT molecular complexity index is 938. The third-order valence-corrected chi connectivity index (χ3v) is 3.62. The number of aromatic nitrogens is 4. The molecule has 0 N–H and O–H groups in total. The Hall–Kier alpha value is -3.62. The van der Waals surface area contributed by atoms with Gasteiger partial charge in [-0.05, 0) is 34.7 Å². The lowest BCUT2D eigenvalue weighted by atomic mass is 10.1. The fraction of sp³-hybridized carbons (Fsp3) is 0.167. The molecule has 0 atom stereocenters. The van der Waals surface area contributed by atoms with Gasteiger partial charge in [-0.3, -0.25) is 0 Å². The standard InChI is InChI=1S/C18H17FN6O2/c1-25-18(20-23-24-25)17(14-6-4-3-5-7-14)22-27-12-16(21-26-2)13-8-10-15(19)11-9-13/h3-11H,12H2,1-2H3/b21-16-,22-17?. The fourth-order valence-electron chi connectivity index (χ4n) is 2.32. The fourth-order valence-corrected chi connectivity index (χ4v) is 2.32. The summed E-state index contributed by atoms with van der Waals surface area (Å²) in [5.74, 6) is 0.115. The van der Waals surface area contributed by atoms with Gasteiger partial charge in [0, 0.05) is 18.2 Å². The number of hydrogen-bond acceptors (Lipinski definition) is 7. The highest BCUT2D eigenvalue weighted by molar-refractivity contribution is 6.10. The number of tetrazole rings is 1. The molecular weight excluding hydrogens is 351 g/mol. The number of aryl methyl sites for hydroxylation is 1. The van der Waals surface area contributed by atoms with E-state index in [0.29, 0.717) is 22.8 Å². The van der Waals surface area contributed by atoms with Crippen molar-refractivity contribution < 1.29 is 14.1 Å². The zero-order valence-electron chi connectivity index (χ0n) is 14.8. The van der Waals surface area contributed by atoms with Crippen molar-refractivity contribution in [1.82, 2.24) is 20.2 Å². The summed E-state index contributed by atoms with van der Waals surface area (Å²) in [5.41, 5.74) is 2.39. The van der Waals surface area contributed by atoms with Crippen molar-refractivity contribution in [2.45, 2.75) is 0 Å². The van der Waals surface area contributed by atoms with Crippen LogP contribution in [-0.4, -0.2) is 45.3 Å². The largest absolute Gasteiger partial charge is 0.399 e. The summed E-state index contributed by atoms with van der Waals surface area (Å²) in [6, 6.07) is 15.3. The maximum Gasteiger partial charge on any atom is 0.204 e. The van der Waals surface area contributed by atoms with Crippen LogP contribution >= 0.6 is 0 Å². The van der Waals surface area contributed by atoms with Crippen LogP contribution in [0.15, 0.2) is 64.9 Å². The Balaban J connectivity index is 1.85. The Morgan fingerprint density at radius 3 is 2.41 bits per heavy atom. The van der Waals surface area contributed by atoms with Gasteiger partial charge in [0.25, 0.3) is 0 Å². The Kier molecular flexibility index (Phi) is 5.83. The molecule has 1 heterocycles. The molecule has 138 valence electrons. The monoisotopic (exact) mass is 368 g/mol. The third kappa shape index (κ3) is 4.51. The van der Waals surface area contributed by atoms with E-state index >= 15 is 0 Å². The molecule has 0 bridgehead atoms. The summed E-state index contributed by atoms with van der Waals surface area (Å²) in [6.07, 6.45) is 0. The lowest BCUT2D eigenvalue weighted by molar-refractivity contribution is 0.173. The summed E-state index contributed by atoms with van der Waals surface area (Å²) >= 11 is 0. The second kappa shape index (κ2) is 8.65. The van der Waals surface area contributed by atoms with Crippen molar-refractivity contribution in [2.75, 3.05) is 13.7 Å². The number of halogens is 1. The predicted molar refractivity (Wildman–Crippen MR) is 96.8 cm³/mol. The molecule has 0 aliphatic rings. The number of oxime groups is 2. The minimum Gasteiger partial charge on any atom is -0.399 e. The maximum absolute atomic E-state index is 13.1. The van der Waals surface area contributed by atoms with E-state index in [4.69, 9.17) is 9.68 Å². The van der Waals surface area contributed by atoms with Crippen LogP contribution in [0.25, 0.3) is 0 Å². The van der Waals surface area contributed by atoms with E-state index < -0.39 is 0 Å². The van der Waals surface area contributed by atoms with E-state index in [1.807, 2.05) is 30.3 Å². The summed E-state index contributed by atoms with van der Waals surface area (Å²) in [6.45, 7) is 0.0150. The highest BCUT2D eigenvalue weighted by Gasteiger charge is 2.15. The van der Waals surface area contributed by atoms with Crippen LogP contribution in [0.2, 0.25) is 0 Å². The first-order chi connectivity index (χ1) is 13.2. The van der Waals surface area contributed by atoms with Crippen LogP contribution in [-0.2, 0) is 16.7 Å². The van der Waals surface area contributed by atoms with Crippen molar-refractivity contribution >= 4 is 11.4 Å². The average Bonchev–Trinajstić information content (AvgIpc) is 3.11. The third-order valence-electron chi connectivity index (χ3n) is 3.62. The maximum atomic E-state index is 13.1. The lowest BCUT2D eigenvalue weighted by Gasteiger charge is -2.07. The Morgan fingerprint density at radius 1 is 1.04 bits per heavy atom. The van der Waals surface area contributed by atoms with E-state index in [-0.39, 0.29) is 12.4 Å². The van der Waals surface area contributed by atoms with Gasteiger partial charge >= 0.3 is 0 Å². The highest BCUT2D eigenvalue weighted by Crippen LogP contribution is 2.09. The van der Waals surface area contributed by atoms with E-state index in [2.05, 4.69) is 25.8 Å². The second-order valence-electron chi connectivity index (χ2n) is 5.43. The molecule has 0 spiro atoms. The molecule has 3 aromatic rings. The first kappa shape index (κ1) is 18.2. The normalized spacial score (nSPS) is 12.1. The van der Waals surface area contributed by atoms with Gasteiger partial charge < -0.3 is 9.68 Å². The van der Waals surface area contributed by atoms with Crippen LogP contribution in [0.3, 0.4) is 0 Å². The molecule has 0 saturated carbocycles. The topological polar surface area (TPSA) is 86.8 Å². The summed E-state index contributed by atoms with van der Waals surface area (Å²) in [7, 11) is 3.14. The number of hydrogen-bond donors (Lipinski definition) is 0. The molecular formula is C18H17FN6O2. The second-order valence-corrected chi connectivity index (χ2v) is 5.43. The van der Waals surface area contributed by atoms with Crippen LogP contribution in [0, 0.1) is 5.82 Å². The lowest BCUT2D eigenvalue weighted by Crippen LogP contribution is -2.14. The first-order valence-electron chi connectivity index (χ1n) is 8.03. The van der Waals surface area contributed by atoms with Crippen LogP contribution in [0.5, 0.6) is 0 Å². The smallest absolute Gasteiger partial charge is 0.204 e. The SMILES string of the molecule is CO/N=C(/CON=C(c1ccccc1)c1nnnn1C)c1ccc(F)cc1. The van der Waals surface area contributed by atoms with E-state index in [1.165, 1.54) is 23.9 Å². The summed E-state index contributed by atoms with van der Waals surface area (Å²) in [5, 5.41) is 19.6. The van der Waals surface area contributed by atoms with Gasteiger partial charge in [-0.25, -0.2) is 9.07 Å². The van der Waals surface area contributed by atoms with Crippen molar-refractivity contribution in [2.24, 2.45) is 17.4 Å². The number of benzene rings is 2. The van der Waals surface area contributed by atoms with Gasteiger partial charge in [0.1, 0.15) is 18.6 Å². The quantitative estimate of drug-likeness (QED) is 0.471. The van der Waals surface area contributed by atoms with E-state index in [1.54, 1.807) is 19.2 Å². The molecule has 0 radical (unpaired) electrons. The first-order valence-corrected chi connectivity index (χ1v) is 8.03. The Labute approximate surface area is 154 Å². The molecule has 0 unspecified atom stereocenters. The molecule has 3 rings (SSSR count). The zero-order valence-corrected chi connectivity index (χ0v) is 14.8. The Morgan fingerprint density at radius 2 is 1.78 bits per heavy atom. The molecule has 1 aromatic heterocycles. The van der Waals surface area contributed by atoms with E-state index in [9.17, 15) is 4.39 Å². The zero-order chi connectivity index (χ0) is 19.1. The summed E-state index contributed by atoms with van der Waals surface area (Å²) < 4.78 is 14.6. The molecule has 27 heavy (non-hydrogen) atoms. The summed E-state index contributed by atoms with van der Waals surface area (Å²) in [4.78, 5) is 10.4. The number of rotatable bonds is 7. The minimum absolute atomic E-state index is 0.0150. The molecule has 0 saturated heterocycles. The van der Waals surface area contributed by atoms with Crippen molar-refractivity contribution in [3.8, 4) is 0 Å².